The fourth-order valence-electron chi connectivity index (χ4n) is 2.37. The van der Waals surface area contributed by atoms with Gasteiger partial charge in [-0.25, -0.2) is 4.98 Å². The maximum atomic E-state index is 11.3. The number of anilines is 1. The molecule has 1 N–H and O–H groups in total. The smallest absolute Gasteiger partial charge is 0.316 e. The van der Waals surface area contributed by atoms with Crippen LogP contribution in [-0.4, -0.2) is 34.3 Å². The van der Waals surface area contributed by atoms with Crippen molar-refractivity contribution < 1.29 is 9.53 Å². The van der Waals surface area contributed by atoms with Gasteiger partial charge in [-0.15, -0.1) is 0 Å². The number of rotatable bonds is 6. The first-order chi connectivity index (χ1) is 9.67. The molecule has 1 aromatic heterocycles. The Labute approximate surface area is 123 Å². The van der Waals surface area contributed by atoms with Crippen molar-refractivity contribution >= 4 is 23.5 Å². The molecule has 0 amide bonds. The van der Waals surface area contributed by atoms with Gasteiger partial charge in [0.15, 0.2) is 0 Å². The molecule has 0 aromatic carbocycles. The van der Waals surface area contributed by atoms with Crippen LogP contribution >= 0.6 is 11.8 Å². The van der Waals surface area contributed by atoms with Gasteiger partial charge in [0.2, 0.25) is 0 Å². The highest BCUT2D eigenvalue weighted by Crippen LogP contribution is 2.27. The Hall–Kier alpha value is -1.30. The summed E-state index contributed by atoms with van der Waals surface area (Å²) in [6.45, 7) is 4.49. The van der Waals surface area contributed by atoms with Crippen LogP contribution in [0.15, 0.2) is 17.4 Å². The van der Waals surface area contributed by atoms with E-state index in [0.717, 1.165) is 16.8 Å². The molecule has 0 bridgehead atoms. The van der Waals surface area contributed by atoms with Crippen molar-refractivity contribution in [2.45, 2.75) is 44.2 Å². The van der Waals surface area contributed by atoms with Crippen LogP contribution in [0.5, 0.6) is 0 Å². The first kappa shape index (κ1) is 15.1. The van der Waals surface area contributed by atoms with Crippen LogP contribution in [0.2, 0.25) is 0 Å². The van der Waals surface area contributed by atoms with Gasteiger partial charge in [-0.05, 0) is 32.1 Å². The molecule has 1 heterocycles. The molecule has 0 aliphatic heterocycles. The Balaban J connectivity index is 1.86. The summed E-state index contributed by atoms with van der Waals surface area (Å²) >= 11 is 1.35. The minimum absolute atomic E-state index is 0.220. The fourth-order valence-corrected chi connectivity index (χ4v) is 3.02. The van der Waals surface area contributed by atoms with E-state index >= 15 is 0 Å². The number of hydrogen-bond donors (Lipinski definition) is 1. The molecule has 0 saturated heterocycles. The van der Waals surface area contributed by atoms with Crippen LogP contribution in [0.1, 0.15) is 33.1 Å². The lowest BCUT2D eigenvalue weighted by atomic mass is 10.1. The number of ether oxygens (including phenoxy) is 1. The Morgan fingerprint density at radius 3 is 3.05 bits per heavy atom. The third-order valence-electron chi connectivity index (χ3n) is 3.30. The van der Waals surface area contributed by atoms with Gasteiger partial charge in [-0.1, -0.05) is 18.7 Å². The van der Waals surface area contributed by atoms with Gasteiger partial charge in [0.25, 0.3) is 0 Å². The Kier molecular flexibility index (Phi) is 5.64. The summed E-state index contributed by atoms with van der Waals surface area (Å²) < 4.78 is 4.89. The van der Waals surface area contributed by atoms with Crippen LogP contribution in [0.25, 0.3) is 0 Å². The molecule has 20 heavy (non-hydrogen) atoms. The van der Waals surface area contributed by atoms with E-state index in [4.69, 9.17) is 4.74 Å². The quantitative estimate of drug-likeness (QED) is 0.643. The molecule has 1 saturated carbocycles. The SMILES string of the molecule is CCOC(=O)CSc1cncc(NC2CCC(C)C2)n1. The molecule has 1 fully saturated rings. The number of esters is 1. The topological polar surface area (TPSA) is 64.1 Å². The van der Waals surface area contributed by atoms with E-state index in [9.17, 15) is 4.79 Å². The molecule has 6 heteroatoms. The molecule has 1 aliphatic carbocycles. The van der Waals surface area contributed by atoms with Crippen LogP contribution in [0.4, 0.5) is 5.82 Å². The Morgan fingerprint density at radius 1 is 1.50 bits per heavy atom. The summed E-state index contributed by atoms with van der Waals surface area (Å²) in [4.78, 5) is 20.0. The standard InChI is InChI=1S/C14H21N3O2S/c1-3-19-14(18)9-20-13-8-15-7-12(17-13)16-11-5-4-10(2)6-11/h7-8,10-11H,3-6,9H2,1-2H3,(H,16,17). The highest BCUT2D eigenvalue weighted by atomic mass is 32.2. The molecule has 1 aromatic rings. The van der Waals surface area contributed by atoms with Crippen LogP contribution in [0.3, 0.4) is 0 Å². The summed E-state index contributed by atoms with van der Waals surface area (Å²) in [6, 6.07) is 0.490. The van der Waals surface area contributed by atoms with Crippen molar-refractivity contribution in [3.8, 4) is 0 Å². The predicted molar refractivity (Wildman–Crippen MR) is 79.8 cm³/mol. The number of carbonyl (C=O) groups is 1. The van der Waals surface area contributed by atoms with Crippen LogP contribution < -0.4 is 5.32 Å². The molecule has 2 rings (SSSR count). The molecular formula is C14H21N3O2S. The molecule has 110 valence electrons. The molecule has 0 spiro atoms. The molecule has 0 radical (unpaired) electrons. The summed E-state index contributed by atoms with van der Waals surface area (Å²) in [5.41, 5.74) is 0. The van der Waals surface area contributed by atoms with Gasteiger partial charge in [0, 0.05) is 6.04 Å². The fraction of sp³-hybridized carbons (Fsp3) is 0.643. The second-order valence-corrected chi connectivity index (χ2v) is 6.09. The van der Waals surface area contributed by atoms with Gasteiger partial charge >= 0.3 is 5.97 Å². The summed E-state index contributed by atoms with van der Waals surface area (Å²) in [7, 11) is 0. The lowest BCUT2D eigenvalue weighted by molar-refractivity contribution is -0.139. The monoisotopic (exact) mass is 295 g/mol. The van der Waals surface area contributed by atoms with Crippen molar-refractivity contribution in [1.29, 1.82) is 0 Å². The highest BCUT2D eigenvalue weighted by Gasteiger charge is 2.21. The van der Waals surface area contributed by atoms with Crippen molar-refractivity contribution in [1.82, 2.24) is 9.97 Å². The Morgan fingerprint density at radius 2 is 2.35 bits per heavy atom. The molecule has 2 unspecified atom stereocenters. The van der Waals surface area contributed by atoms with E-state index in [1.165, 1.54) is 31.0 Å². The van der Waals surface area contributed by atoms with Crippen molar-refractivity contribution in [2.75, 3.05) is 17.7 Å². The first-order valence-corrected chi connectivity index (χ1v) is 8.03. The van der Waals surface area contributed by atoms with E-state index < -0.39 is 0 Å². The van der Waals surface area contributed by atoms with Crippen LogP contribution in [-0.2, 0) is 9.53 Å². The normalized spacial score (nSPS) is 21.7. The molecule has 5 nitrogen and oxygen atoms in total. The maximum absolute atomic E-state index is 11.3. The summed E-state index contributed by atoms with van der Waals surface area (Å²) in [5.74, 6) is 1.62. The molecule has 1 aliphatic rings. The summed E-state index contributed by atoms with van der Waals surface area (Å²) in [5, 5.41) is 4.17. The van der Waals surface area contributed by atoms with Gasteiger partial charge in [0.1, 0.15) is 10.8 Å². The van der Waals surface area contributed by atoms with Crippen molar-refractivity contribution in [2.24, 2.45) is 5.92 Å². The number of carbonyl (C=O) groups excluding carboxylic acids is 1. The third kappa shape index (κ3) is 4.67. The van der Waals surface area contributed by atoms with Gasteiger partial charge in [-0.2, -0.15) is 0 Å². The Bertz CT molecular complexity index is 456. The number of aromatic nitrogens is 2. The van der Waals surface area contributed by atoms with E-state index in [0.29, 0.717) is 12.6 Å². The minimum atomic E-state index is -0.220. The average Bonchev–Trinajstić information content (AvgIpc) is 2.83. The zero-order valence-corrected chi connectivity index (χ0v) is 12.8. The van der Waals surface area contributed by atoms with Crippen LogP contribution in [0, 0.1) is 5.92 Å². The lowest BCUT2D eigenvalue weighted by Gasteiger charge is -2.13. The third-order valence-corrected chi connectivity index (χ3v) is 4.17. The van der Waals surface area contributed by atoms with Crippen molar-refractivity contribution in [3.05, 3.63) is 12.4 Å². The van der Waals surface area contributed by atoms with Crippen molar-refractivity contribution in [3.63, 3.8) is 0 Å². The zero-order valence-electron chi connectivity index (χ0n) is 12.0. The highest BCUT2D eigenvalue weighted by molar-refractivity contribution is 7.99. The number of nitrogens with zero attached hydrogens (tertiary/aromatic N) is 2. The number of thioether (sulfide) groups is 1. The molecular weight excluding hydrogens is 274 g/mol. The zero-order chi connectivity index (χ0) is 14.4. The second-order valence-electron chi connectivity index (χ2n) is 5.10. The van der Waals surface area contributed by atoms with E-state index in [1.54, 1.807) is 19.3 Å². The van der Waals surface area contributed by atoms with E-state index in [2.05, 4.69) is 22.2 Å². The first-order valence-electron chi connectivity index (χ1n) is 7.04. The van der Waals surface area contributed by atoms with Gasteiger partial charge in [0.05, 0.1) is 24.8 Å². The molecule has 2 atom stereocenters. The summed E-state index contributed by atoms with van der Waals surface area (Å²) in [6.07, 6.45) is 7.04. The predicted octanol–water partition coefficient (Wildman–Crippen LogP) is 2.73. The number of hydrogen-bond acceptors (Lipinski definition) is 6. The lowest BCUT2D eigenvalue weighted by Crippen LogP contribution is -2.16. The second kappa shape index (κ2) is 7.47. The maximum Gasteiger partial charge on any atom is 0.316 e. The number of nitrogens with one attached hydrogen (secondary N) is 1. The average molecular weight is 295 g/mol. The minimum Gasteiger partial charge on any atom is -0.465 e. The largest absolute Gasteiger partial charge is 0.465 e. The van der Waals surface area contributed by atoms with E-state index in [1.807, 2.05) is 0 Å². The van der Waals surface area contributed by atoms with Gasteiger partial charge in [-0.3, -0.25) is 9.78 Å². The van der Waals surface area contributed by atoms with E-state index in [-0.39, 0.29) is 11.7 Å². The van der Waals surface area contributed by atoms with Gasteiger partial charge < -0.3 is 10.1 Å².